The molecule has 1 aliphatic carbocycles. The number of fused-ring (bicyclic) bond motifs is 1. The van der Waals surface area contributed by atoms with Crippen LogP contribution in [0.1, 0.15) is 40.7 Å². The summed E-state index contributed by atoms with van der Waals surface area (Å²) in [4.78, 5) is 29.3. The molecular weight excluding hydrogens is 328 g/mol. The van der Waals surface area contributed by atoms with Crippen molar-refractivity contribution in [2.45, 2.75) is 33.1 Å². The molecule has 1 aromatic carbocycles. The lowest BCUT2D eigenvalue weighted by Crippen LogP contribution is -2.43. The summed E-state index contributed by atoms with van der Waals surface area (Å²) >= 11 is 0. The zero-order chi connectivity index (χ0) is 18.5. The number of carboxylic acid groups (broad SMARTS) is 1. The fraction of sp³-hybridized carbons (Fsp3) is 0.619. The Labute approximate surface area is 155 Å². The maximum absolute atomic E-state index is 13.0. The van der Waals surface area contributed by atoms with Gasteiger partial charge in [0.15, 0.2) is 0 Å². The number of rotatable bonds is 4. The third-order valence-electron chi connectivity index (χ3n) is 6.75. The minimum Gasteiger partial charge on any atom is -0.481 e. The normalized spacial score (nSPS) is 28.8. The van der Waals surface area contributed by atoms with E-state index in [-0.39, 0.29) is 11.8 Å². The summed E-state index contributed by atoms with van der Waals surface area (Å²) in [5, 5.41) is 9.99. The fourth-order valence-electron chi connectivity index (χ4n) is 5.03. The molecule has 0 spiro atoms. The van der Waals surface area contributed by atoms with Crippen molar-refractivity contribution < 1.29 is 14.7 Å². The van der Waals surface area contributed by atoms with Crippen molar-refractivity contribution >= 4 is 11.9 Å². The molecule has 4 rings (SSSR count). The molecule has 3 aliphatic rings. The predicted molar refractivity (Wildman–Crippen MR) is 99.2 cm³/mol. The molecule has 2 saturated heterocycles. The Morgan fingerprint density at radius 1 is 1.19 bits per heavy atom. The highest BCUT2D eigenvalue weighted by Gasteiger charge is 2.58. The van der Waals surface area contributed by atoms with Crippen molar-refractivity contribution in [3.05, 3.63) is 34.9 Å². The Morgan fingerprint density at radius 2 is 1.96 bits per heavy atom. The van der Waals surface area contributed by atoms with E-state index in [2.05, 4.69) is 4.90 Å². The summed E-state index contributed by atoms with van der Waals surface area (Å²) in [6.45, 7) is 7.26. The molecule has 140 valence electrons. The molecule has 3 fully saturated rings. The number of aliphatic carboxylic acids is 1. The number of likely N-dealkylation sites (tertiary alicyclic amines) is 2. The summed E-state index contributed by atoms with van der Waals surface area (Å²) in [5.41, 5.74) is 1.99. The van der Waals surface area contributed by atoms with Crippen molar-refractivity contribution in [1.29, 1.82) is 0 Å². The average molecular weight is 356 g/mol. The highest BCUT2D eigenvalue weighted by atomic mass is 16.4. The van der Waals surface area contributed by atoms with E-state index < -0.39 is 11.4 Å². The van der Waals surface area contributed by atoms with Crippen molar-refractivity contribution in [1.82, 2.24) is 9.80 Å². The molecular formula is C21H28N2O3. The SMILES string of the molecule is Cc1ccc(C(=O)N2CC3CN(CC4CCC4)C[C@@]3(C(=O)O)C2)c(C)c1. The maximum Gasteiger partial charge on any atom is 0.313 e. The summed E-state index contributed by atoms with van der Waals surface area (Å²) in [6, 6.07) is 5.83. The number of benzene rings is 1. The van der Waals surface area contributed by atoms with E-state index in [4.69, 9.17) is 0 Å². The third kappa shape index (κ3) is 2.82. The first-order valence-corrected chi connectivity index (χ1v) is 9.71. The maximum atomic E-state index is 13.0. The van der Waals surface area contributed by atoms with Gasteiger partial charge in [0.05, 0.1) is 0 Å². The number of carbonyl (C=O) groups is 2. The second-order valence-corrected chi connectivity index (χ2v) is 8.65. The number of aryl methyl sites for hydroxylation is 2. The van der Waals surface area contributed by atoms with Gasteiger partial charge in [0.25, 0.3) is 5.91 Å². The van der Waals surface area contributed by atoms with E-state index in [9.17, 15) is 14.7 Å². The van der Waals surface area contributed by atoms with Gasteiger partial charge >= 0.3 is 5.97 Å². The van der Waals surface area contributed by atoms with Gasteiger partial charge in [-0.25, -0.2) is 0 Å². The van der Waals surface area contributed by atoms with Crippen LogP contribution in [0.2, 0.25) is 0 Å². The Bertz CT molecular complexity index is 743. The first kappa shape index (κ1) is 17.5. The molecule has 0 bridgehead atoms. The Morgan fingerprint density at radius 3 is 2.54 bits per heavy atom. The van der Waals surface area contributed by atoms with E-state index in [1.54, 1.807) is 4.90 Å². The van der Waals surface area contributed by atoms with Crippen LogP contribution in [0.25, 0.3) is 0 Å². The summed E-state index contributed by atoms with van der Waals surface area (Å²) < 4.78 is 0. The summed E-state index contributed by atoms with van der Waals surface area (Å²) in [7, 11) is 0. The van der Waals surface area contributed by atoms with Crippen LogP contribution in [-0.4, -0.2) is 59.5 Å². The van der Waals surface area contributed by atoms with Crippen LogP contribution in [0.5, 0.6) is 0 Å². The molecule has 0 aromatic heterocycles. The van der Waals surface area contributed by atoms with Gasteiger partial charge in [0.1, 0.15) is 5.41 Å². The predicted octanol–water partition coefficient (Wildman–Crippen LogP) is 2.56. The number of hydrogen-bond donors (Lipinski definition) is 1. The second-order valence-electron chi connectivity index (χ2n) is 8.65. The summed E-state index contributed by atoms with van der Waals surface area (Å²) in [5.74, 6) is 0.0139. The highest BCUT2D eigenvalue weighted by Crippen LogP contribution is 2.44. The smallest absolute Gasteiger partial charge is 0.313 e. The van der Waals surface area contributed by atoms with E-state index >= 15 is 0 Å². The van der Waals surface area contributed by atoms with Gasteiger partial charge in [-0.2, -0.15) is 0 Å². The molecule has 5 heteroatoms. The molecule has 1 amide bonds. The summed E-state index contributed by atoms with van der Waals surface area (Å²) in [6.07, 6.45) is 3.86. The average Bonchev–Trinajstić information content (AvgIpc) is 3.05. The largest absolute Gasteiger partial charge is 0.481 e. The molecule has 2 aliphatic heterocycles. The van der Waals surface area contributed by atoms with E-state index in [0.29, 0.717) is 25.2 Å². The number of hydrogen-bond acceptors (Lipinski definition) is 3. The van der Waals surface area contributed by atoms with Crippen LogP contribution in [0.4, 0.5) is 0 Å². The molecule has 1 unspecified atom stereocenters. The minimum atomic E-state index is -0.794. The van der Waals surface area contributed by atoms with Gasteiger partial charge in [0.2, 0.25) is 0 Å². The number of nitrogens with zero attached hydrogens (tertiary/aromatic N) is 2. The molecule has 2 heterocycles. The van der Waals surface area contributed by atoms with Crippen LogP contribution in [0.3, 0.4) is 0 Å². The standard InChI is InChI=1S/C21H28N2O3/c1-14-6-7-18(15(2)8-14)19(24)23-11-17-10-22(9-16-4-3-5-16)12-21(17,13-23)20(25)26/h6-8,16-17H,3-5,9-13H2,1-2H3,(H,25,26)/t17?,21-/m1/s1. The minimum absolute atomic E-state index is 0.0249. The van der Waals surface area contributed by atoms with Gasteiger partial charge in [-0.3, -0.25) is 9.59 Å². The van der Waals surface area contributed by atoms with Crippen molar-refractivity contribution in [2.75, 3.05) is 32.7 Å². The molecule has 1 N–H and O–H groups in total. The number of carbonyl (C=O) groups excluding carboxylic acids is 1. The molecule has 2 atom stereocenters. The van der Waals surface area contributed by atoms with Gasteiger partial charge in [-0.1, -0.05) is 24.1 Å². The molecule has 1 saturated carbocycles. The van der Waals surface area contributed by atoms with E-state index in [1.807, 2.05) is 32.0 Å². The van der Waals surface area contributed by atoms with Gasteiger partial charge in [-0.15, -0.1) is 0 Å². The lowest BCUT2D eigenvalue weighted by molar-refractivity contribution is -0.148. The zero-order valence-electron chi connectivity index (χ0n) is 15.7. The van der Waals surface area contributed by atoms with Gasteiger partial charge in [-0.05, 0) is 44.2 Å². The van der Waals surface area contributed by atoms with Crippen molar-refractivity contribution in [2.24, 2.45) is 17.3 Å². The van der Waals surface area contributed by atoms with Crippen molar-refractivity contribution in [3.8, 4) is 0 Å². The van der Waals surface area contributed by atoms with E-state index in [1.165, 1.54) is 19.3 Å². The van der Waals surface area contributed by atoms with Crippen LogP contribution in [0, 0.1) is 31.1 Å². The molecule has 1 aromatic rings. The monoisotopic (exact) mass is 356 g/mol. The molecule has 26 heavy (non-hydrogen) atoms. The number of amides is 1. The highest BCUT2D eigenvalue weighted by molar-refractivity contribution is 5.96. The van der Waals surface area contributed by atoms with Crippen LogP contribution < -0.4 is 0 Å². The number of carboxylic acids is 1. The Balaban J connectivity index is 1.50. The first-order valence-electron chi connectivity index (χ1n) is 9.71. The second kappa shape index (κ2) is 6.38. The zero-order valence-corrected chi connectivity index (χ0v) is 15.7. The molecule has 5 nitrogen and oxygen atoms in total. The Kier molecular flexibility index (Phi) is 4.30. The van der Waals surface area contributed by atoms with Gasteiger partial charge < -0.3 is 14.9 Å². The van der Waals surface area contributed by atoms with Crippen LogP contribution in [-0.2, 0) is 4.79 Å². The lowest BCUT2D eigenvalue weighted by atomic mass is 9.81. The Hall–Kier alpha value is -1.88. The first-order chi connectivity index (χ1) is 12.4. The molecule has 0 radical (unpaired) electrons. The lowest BCUT2D eigenvalue weighted by Gasteiger charge is -2.31. The van der Waals surface area contributed by atoms with E-state index in [0.717, 1.165) is 30.1 Å². The van der Waals surface area contributed by atoms with Crippen LogP contribution >= 0.6 is 0 Å². The van der Waals surface area contributed by atoms with Gasteiger partial charge in [0, 0.05) is 44.2 Å². The fourth-order valence-corrected chi connectivity index (χ4v) is 5.03. The third-order valence-corrected chi connectivity index (χ3v) is 6.75. The quantitative estimate of drug-likeness (QED) is 0.901. The van der Waals surface area contributed by atoms with Crippen molar-refractivity contribution in [3.63, 3.8) is 0 Å². The van der Waals surface area contributed by atoms with Crippen LogP contribution in [0.15, 0.2) is 18.2 Å². The topological polar surface area (TPSA) is 60.9 Å².